The van der Waals surface area contributed by atoms with E-state index >= 15 is 0 Å². The Bertz CT molecular complexity index is 969. The maximum absolute atomic E-state index is 13.0. The van der Waals surface area contributed by atoms with Gasteiger partial charge in [0.05, 0.1) is 29.0 Å². The van der Waals surface area contributed by atoms with Crippen LogP contribution in [0.2, 0.25) is 14.4 Å². The highest BCUT2D eigenvalue weighted by Crippen LogP contribution is 2.49. The summed E-state index contributed by atoms with van der Waals surface area (Å²) >= 11 is 19.5. The number of anilines is 2. The van der Waals surface area contributed by atoms with Gasteiger partial charge in [-0.25, -0.2) is 14.6 Å². The van der Waals surface area contributed by atoms with Gasteiger partial charge < -0.3 is 9.64 Å². The molecule has 1 atom stereocenters. The van der Waals surface area contributed by atoms with E-state index in [0.29, 0.717) is 51.3 Å². The summed E-state index contributed by atoms with van der Waals surface area (Å²) in [6, 6.07) is 3.12. The van der Waals surface area contributed by atoms with E-state index in [9.17, 15) is 9.59 Å². The van der Waals surface area contributed by atoms with Gasteiger partial charge in [0.25, 0.3) is 0 Å². The number of methoxy groups -OCH3 is 1. The molecule has 3 amide bonds. The number of hydrogen-bond acceptors (Lipinski definition) is 5. The first-order valence-electron chi connectivity index (χ1n) is 8.35. The van der Waals surface area contributed by atoms with Crippen LogP contribution in [0.15, 0.2) is 18.3 Å². The number of likely N-dealkylation sites (tertiary alicyclic amines) is 1. The summed E-state index contributed by atoms with van der Waals surface area (Å²) in [6.45, 7) is 1.35. The number of carbonyl (C=O) groups excluding carboxylic acids is 2. The van der Waals surface area contributed by atoms with Gasteiger partial charge in [-0.05, 0) is 24.1 Å². The summed E-state index contributed by atoms with van der Waals surface area (Å²) in [5, 5.41) is 3.93. The number of amides is 3. The van der Waals surface area contributed by atoms with Crippen molar-refractivity contribution in [3.8, 4) is 0 Å². The molecule has 1 aromatic carbocycles. The zero-order chi connectivity index (χ0) is 20.1. The van der Waals surface area contributed by atoms with Gasteiger partial charge in [0.2, 0.25) is 0 Å². The molecule has 1 N–H and O–H groups in total. The van der Waals surface area contributed by atoms with Gasteiger partial charge in [0, 0.05) is 25.0 Å². The van der Waals surface area contributed by atoms with Crippen LogP contribution in [0.1, 0.15) is 12.0 Å². The van der Waals surface area contributed by atoms with E-state index < -0.39 is 5.41 Å². The number of aromatic nitrogens is 1. The SMILES string of the molecule is COC(=O)N1CCC2(C1)CN(C(=O)Nc1ncc(Cl)s1)c1cc(Cl)c(Cl)cc12. The Labute approximate surface area is 180 Å². The highest BCUT2D eigenvalue weighted by molar-refractivity contribution is 7.19. The third kappa shape index (κ3) is 3.28. The van der Waals surface area contributed by atoms with Crippen LogP contribution in [-0.2, 0) is 10.2 Å². The van der Waals surface area contributed by atoms with Crippen molar-refractivity contribution >= 4 is 69.1 Å². The van der Waals surface area contributed by atoms with Crippen LogP contribution in [0.5, 0.6) is 0 Å². The number of nitrogens with one attached hydrogen (secondary N) is 1. The minimum Gasteiger partial charge on any atom is -0.453 e. The van der Waals surface area contributed by atoms with E-state index in [1.54, 1.807) is 21.9 Å². The summed E-state index contributed by atoms with van der Waals surface area (Å²) < 4.78 is 5.33. The average molecular weight is 462 g/mol. The predicted molar refractivity (Wildman–Crippen MR) is 110 cm³/mol. The first-order valence-corrected chi connectivity index (χ1v) is 10.3. The fraction of sp³-hybridized carbons (Fsp3) is 0.353. The number of rotatable bonds is 1. The van der Waals surface area contributed by atoms with Crippen LogP contribution < -0.4 is 10.2 Å². The molecule has 1 aromatic heterocycles. The predicted octanol–water partition coefficient (Wildman–Crippen LogP) is 4.87. The minimum absolute atomic E-state index is 0.348. The molecule has 0 saturated carbocycles. The number of benzene rings is 1. The van der Waals surface area contributed by atoms with Crippen molar-refractivity contribution in [3.63, 3.8) is 0 Å². The molecule has 1 unspecified atom stereocenters. The number of ether oxygens (including phenoxy) is 1. The lowest BCUT2D eigenvalue weighted by Gasteiger charge is -2.25. The highest BCUT2D eigenvalue weighted by Gasteiger charge is 2.50. The molecule has 148 valence electrons. The Morgan fingerprint density at radius 2 is 2.00 bits per heavy atom. The molecule has 11 heteroatoms. The normalized spacial score (nSPS) is 20.6. The van der Waals surface area contributed by atoms with Gasteiger partial charge in [-0.2, -0.15) is 0 Å². The van der Waals surface area contributed by atoms with Crippen molar-refractivity contribution < 1.29 is 14.3 Å². The Hall–Kier alpha value is -1.74. The Morgan fingerprint density at radius 3 is 2.68 bits per heavy atom. The van der Waals surface area contributed by atoms with E-state index in [1.807, 2.05) is 0 Å². The second kappa shape index (κ2) is 7.26. The summed E-state index contributed by atoms with van der Waals surface area (Å²) in [5.41, 5.74) is 1.12. The summed E-state index contributed by atoms with van der Waals surface area (Å²) in [6.07, 6.45) is 1.77. The van der Waals surface area contributed by atoms with Crippen molar-refractivity contribution in [1.29, 1.82) is 0 Å². The van der Waals surface area contributed by atoms with Gasteiger partial charge in [0.1, 0.15) is 4.34 Å². The number of fused-ring (bicyclic) bond motifs is 2. The van der Waals surface area contributed by atoms with Gasteiger partial charge in [-0.15, -0.1) is 0 Å². The number of nitrogens with zero attached hydrogens (tertiary/aromatic N) is 3. The van der Waals surface area contributed by atoms with E-state index in [-0.39, 0.29) is 12.1 Å². The van der Waals surface area contributed by atoms with Crippen LogP contribution in [0, 0.1) is 0 Å². The standard InChI is InChI=1S/C17H15Cl3N4O3S/c1-27-16(26)23-3-2-17(7-23)8-24(12-5-11(19)10(18)4-9(12)17)15(25)22-14-21-6-13(20)28-14/h4-6H,2-3,7-8H2,1H3,(H,21,22,25). The molecule has 0 bridgehead atoms. The average Bonchev–Trinajstić information content (AvgIpc) is 3.35. The fourth-order valence-electron chi connectivity index (χ4n) is 3.82. The number of carbonyl (C=O) groups is 2. The lowest BCUT2D eigenvalue weighted by Crippen LogP contribution is -2.41. The first kappa shape index (κ1) is 19.6. The Morgan fingerprint density at radius 1 is 1.25 bits per heavy atom. The van der Waals surface area contributed by atoms with Crippen LogP contribution in [0.4, 0.5) is 20.4 Å². The topological polar surface area (TPSA) is 74.8 Å². The third-order valence-electron chi connectivity index (χ3n) is 5.08. The highest BCUT2D eigenvalue weighted by atomic mass is 35.5. The van der Waals surface area contributed by atoms with Crippen LogP contribution >= 0.6 is 46.1 Å². The molecular weight excluding hydrogens is 447 g/mol. The smallest absolute Gasteiger partial charge is 0.409 e. The van der Waals surface area contributed by atoms with Gasteiger partial charge in [0.15, 0.2) is 5.13 Å². The minimum atomic E-state index is -0.435. The van der Waals surface area contributed by atoms with E-state index in [2.05, 4.69) is 10.3 Å². The first-order chi connectivity index (χ1) is 13.3. The zero-order valence-electron chi connectivity index (χ0n) is 14.7. The molecule has 1 saturated heterocycles. The fourth-order valence-corrected chi connectivity index (χ4v) is 4.94. The summed E-state index contributed by atoms with van der Waals surface area (Å²) in [4.78, 5) is 32.2. The second-order valence-electron chi connectivity index (χ2n) is 6.69. The summed E-state index contributed by atoms with van der Waals surface area (Å²) in [7, 11) is 1.35. The van der Waals surface area contributed by atoms with Crippen LogP contribution in [0.25, 0.3) is 0 Å². The largest absolute Gasteiger partial charge is 0.453 e. The van der Waals surface area contributed by atoms with E-state index in [4.69, 9.17) is 39.5 Å². The number of halogens is 3. The zero-order valence-corrected chi connectivity index (χ0v) is 17.8. The van der Waals surface area contributed by atoms with Crippen LogP contribution in [-0.4, -0.2) is 48.8 Å². The monoisotopic (exact) mass is 460 g/mol. The lowest BCUT2D eigenvalue weighted by molar-refractivity contribution is 0.131. The lowest BCUT2D eigenvalue weighted by atomic mass is 9.81. The van der Waals surface area contributed by atoms with E-state index in [1.165, 1.54) is 24.6 Å². The van der Waals surface area contributed by atoms with E-state index in [0.717, 1.165) is 5.56 Å². The van der Waals surface area contributed by atoms with Crippen molar-refractivity contribution in [3.05, 3.63) is 38.3 Å². The third-order valence-corrected chi connectivity index (χ3v) is 6.84. The molecule has 4 rings (SSSR count). The van der Waals surface area contributed by atoms with Gasteiger partial charge in [-0.1, -0.05) is 46.1 Å². The Balaban J connectivity index is 1.68. The molecule has 0 aliphatic carbocycles. The van der Waals surface area contributed by atoms with Crippen molar-refractivity contribution in [1.82, 2.24) is 9.88 Å². The molecule has 28 heavy (non-hydrogen) atoms. The quantitative estimate of drug-likeness (QED) is 0.658. The molecule has 7 nitrogen and oxygen atoms in total. The second-order valence-corrected chi connectivity index (χ2v) is 9.17. The van der Waals surface area contributed by atoms with Crippen molar-refractivity contribution in [2.24, 2.45) is 0 Å². The number of hydrogen-bond donors (Lipinski definition) is 1. The molecule has 1 fully saturated rings. The maximum Gasteiger partial charge on any atom is 0.409 e. The molecular formula is C17H15Cl3N4O3S. The molecule has 2 aliphatic rings. The molecule has 1 spiro atoms. The van der Waals surface area contributed by atoms with Crippen molar-refractivity contribution in [2.45, 2.75) is 11.8 Å². The summed E-state index contributed by atoms with van der Waals surface area (Å²) in [5.74, 6) is 0. The van der Waals surface area contributed by atoms with Gasteiger partial charge >= 0.3 is 12.1 Å². The Kier molecular flexibility index (Phi) is 5.07. The maximum atomic E-state index is 13.0. The van der Waals surface area contributed by atoms with Crippen LogP contribution in [0.3, 0.4) is 0 Å². The number of thiazole rings is 1. The van der Waals surface area contributed by atoms with Gasteiger partial charge in [-0.3, -0.25) is 10.2 Å². The molecule has 0 radical (unpaired) electrons. The number of urea groups is 1. The molecule has 2 aliphatic heterocycles. The molecule has 3 heterocycles. The van der Waals surface area contributed by atoms with Crippen molar-refractivity contribution in [2.75, 3.05) is 37.0 Å². The molecule has 2 aromatic rings.